The third-order valence-corrected chi connectivity index (χ3v) is 2.00. The Morgan fingerprint density at radius 2 is 2.07 bits per heavy atom. The molecule has 4 nitrogen and oxygen atoms in total. The van der Waals surface area contributed by atoms with Gasteiger partial charge in [-0.1, -0.05) is 0 Å². The molecule has 1 rings (SSSR count). The zero-order chi connectivity index (χ0) is 11.4. The Kier molecular flexibility index (Phi) is 3.80. The summed E-state index contributed by atoms with van der Waals surface area (Å²) in [7, 11) is 0. The number of aliphatic imine (C=N–C) groups is 1. The first-order chi connectivity index (χ1) is 7.04. The van der Waals surface area contributed by atoms with Gasteiger partial charge in [0.1, 0.15) is 5.84 Å². The number of nitrogens with two attached hydrogens (primary N) is 1. The average molecular weight is 206 g/mol. The molecule has 82 valence electrons. The molecule has 0 amide bonds. The lowest BCUT2D eigenvalue weighted by Gasteiger charge is -2.10. The van der Waals surface area contributed by atoms with Crippen LogP contribution in [0.5, 0.6) is 0 Å². The zero-order valence-electron chi connectivity index (χ0n) is 9.70. The van der Waals surface area contributed by atoms with Gasteiger partial charge in [-0.3, -0.25) is 9.98 Å². The third-order valence-electron chi connectivity index (χ3n) is 2.00. The molecule has 0 saturated carbocycles. The molecule has 0 spiro atoms. The Morgan fingerprint density at radius 1 is 1.40 bits per heavy atom. The molecule has 0 saturated heterocycles. The van der Waals surface area contributed by atoms with Gasteiger partial charge in [0, 0.05) is 23.0 Å². The molecule has 1 aromatic heterocycles. The molecule has 0 aliphatic heterocycles. The highest BCUT2D eigenvalue weighted by atomic mass is 15.3. The van der Waals surface area contributed by atoms with Crippen LogP contribution in [0.15, 0.2) is 17.1 Å². The van der Waals surface area contributed by atoms with Crippen LogP contribution in [0.1, 0.15) is 30.8 Å². The highest BCUT2D eigenvalue weighted by molar-refractivity contribution is 5.99. The Bertz CT molecular complexity index is 369. The van der Waals surface area contributed by atoms with E-state index in [1.807, 2.05) is 39.8 Å². The quantitative estimate of drug-likeness (QED) is 0.332. The summed E-state index contributed by atoms with van der Waals surface area (Å²) in [4.78, 5) is 8.77. The van der Waals surface area contributed by atoms with Crippen LogP contribution in [0.3, 0.4) is 0 Å². The molecule has 0 radical (unpaired) electrons. The van der Waals surface area contributed by atoms with Gasteiger partial charge in [-0.05, 0) is 39.8 Å². The molecule has 0 aliphatic rings. The van der Waals surface area contributed by atoms with Crippen molar-refractivity contribution in [1.82, 2.24) is 10.4 Å². The second-order valence-electron chi connectivity index (χ2n) is 3.80. The van der Waals surface area contributed by atoms with Crippen LogP contribution < -0.4 is 11.3 Å². The number of nitrogens with zero attached hydrogens (tertiary/aromatic N) is 2. The minimum Gasteiger partial charge on any atom is -0.308 e. The Balaban J connectivity index is 3.13. The summed E-state index contributed by atoms with van der Waals surface area (Å²) < 4.78 is 0. The van der Waals surface area contributed by atoms with Crippen LogP contribution >= 0.6 is 0 Å². The summed E-state index contributed by atoms with van der Waals surface area (Å²) in [5.74, 6) is 6.14. The SMILES string of the molecule is Cc1ccc(C(=NC(C)C)NN)c(C)n1. The number of aromatic nitrogens is 1. The molecular formula is C11H18N4. The number of aryl methyl sites for hydroxylation is 2. The first kappa shape index (κ1) is 11.7. The summed E-state index contributed by atoms with van der Waals surface area (Å²) in [6.45, 7) is 7.93. The minimum absolute atomic E-state index is 0.205. The van der Waals surface area contributed by atoms with Crippen molar-refractivity contribution in [3.05, 3.63) is 29.1 Å². The molecule has 1 aromatic rings. The van der Waals surface area contributed by atoms with Gasteiger partial charge in [-0.25, -0.2) is 5.84 Å². The predicted molar refractivity (Wildman–Crippen MR) is 62.7 cm³/mol. The molecule has 0 bridgehead atoms. The van der Waals surface area contributed by atoms with Crippen molar-refractivity contribution in [3.63, 3.8) is 0 Å². The minimum atomic E-state index is 0.205. The third kappa shape index (κ3) is 3.02. The summed E-state index contributed by atoms with van der Waals surface area (Å²) in [5.41, 5.74) is 5.51. The molecule has 0 atom stereocenters. The normalized spacial score (nSPS) is 12.0. The van der Waals surface area contributed by atoms with Crippen LogP contribution in [0, 0.1) is 13.8 Å². The summed E-state index contributed by atoms with van der Waals surface area (Å²) in [5, 5.41) is 0. The standard InChI is InChI=1S/C11H18N4/c1-7(2)13-11(15-12)10-6-5-8(3)14-9(10)4/h5-7H,12H2,1-4H3,(H,13,15). The number of pyridine rings is 1. The Hall–Kier alpha value is -1.42. The number of rotatable bonds is 2. The molecule has 15 heavy (non-hydrogen) atoms. The first-order valence-corrected chi connectivity index (χ1v) is 5.03. The maximum Gasteiger partial charge on any atom is 0.144 e. The van der Waals surface area contributed by atoms with Gasteiger partial charge < -0.3 is 5.43 Å². The van der Waals surface area contributed by atoms with Crippen LogP contribution in [0.2, 0.25) is 0 Å². The Morgan fingerprint density at radius 3 is 2.53 bits per heavy atom. The Labute approximate surface area is 90.6 Å². The number of amidine groups is 1. The van der Waals surface area contributed by atoms with Gasteiger partial charge in [-0.15, -0.1) is 0 Å². The van der Waals surface area contributed by atoms with Crippen LogP contribution in [-0.4, -0.2) is 16.9 Å². The van der Waals surface area contributed by atoms with E-state index >= 15 is 0 Å². The zero-order valence-corrected chi connectivity index (χ0v) is 9.70. The highest BCUT2D eigenvalue weighted by Gasteiger charge is 2.07. The molecule has 1 heterocycles. The van der Waals surface area contributed by atoms with E-state index in [4.69, 9.17) is 5.84 Å². The fourth-order valence-electron chi connectivity index (χ4n) is 1.38. The van der Waals surface area contributed by atoms with Crippen LogP contribution in [0.4, 0.5) is 0 Å². The summed E-state index contributed by atoms with van der Waals surface area (Å²) in [6, 6.07) is 4.14. The van der Waals surface area contributed by atoms with E-state index in [9.17, 15) is 0 Å². The van der Waals surface area contributed by atoms with Crippen molar-refractivity contribution in [2.24, 2.45) is 10.8 Å². The number of nitrogens with one attached hydrogen (secondary N) is 1. The second kappa shape index (κ2) is 4.89. The van der Waals surface area contributed by atoms with Gasteiger partial charge in [0.25, 0.3) is 0 Å². The van der Waals surface area contributed by atoms with Crippen LogP contribution in [-0.2, 0) is 0 Å². The van der Waals surface area contributed by atoms with Crippen LogP contribution in [0.25, 0.3) is 0 Å². The van der Waals surface area contributed by atoms with Gasteiger partial charge in [-0.2, -0.15) is 0 Å². The van der Waals surface area contributed by atoms with Crippen molar-refractivity contribution in [2.75, 3.05) is 0 Å². The number of hydrogen-bond acceptors (Lipinski definition) is 3. The largest absolute Gasteiger partial charge is 0.308 e. The number of hydrogen-bond donors (Lipinski definition) is 2. The predicted octanol–water partition coefficient (Wildman–Crippen LogP) is 1.32. The average Bonchev–Trinajstić information content (AvgIpc) is 2.14. The second-order valence-corrected chi connectivity index (χ2v) is 3.80. The van der Waals surface area contributed by atoms with E-state index in [1.54, 1.807) is 0 Å². The van der Waals surface area contributed by atoms with Gasteiger partial charge >= 0.3 is 0 Å². The van der Waals surface area contributed by atoms with E-state index in [-0.39, 0.29) is 6.04 Å². The van der Waals surface area contributed by atoms with Crippen molar-refractivity contribution in [3.8, 4) is 0 Å². The lowest BCUT2D eigenvalue weighted by Crippen LogP contribution is -2.32. The van der Waals surface area contributed by atoms with E-state index in [1.165, 1.54) is 0 Å². The summed E-state index contributed by atoms with van der Waals surface area (Å²) >= 11 is 0. The maximum absolute atomic E-state index is 5.45. The fraction of sp³-hybridized carbons (Fsp3) is 0.455. The van der Waals surface area contributed by atoms with Crippen molar-refractivity contribution >= 4 is 5.84 Å². The highest BCUT2D eigenvalue weighted by Crippen LogP contribution is 2.07. The van der Waals surface area contributed by atoms with E-state index in [0.717, 1.165) is 17.0 Å². The lowest BCUT2D eigenvalue weighted by atomic mass is 10.1. The fourth-order valence-corrected chi connectivity index (χ4v) is 1.38. The molecule has 0 aromatic carbocycles. The topological polar surface area (TPSA) is 63.3 Å². The first-order valence-electron chi connectivity index (χ1n) is 5.03. The molecule has 0 unspecified atom stereocenters. The number of hydrazine groups is 1. The lowest BCUT2D eigenvalue weighted by molar-refractivity contribution is 0.819. The molecule has 0 aliphatic carbocycles. The van der Waals surface area contributed by atoms with Gasteiger partial charge in [0.2, 0.25) is 0 Å². The molecule has 3 N–H and O–H groups in total. The van der Waals surface area contributed by atoms with Gasteiger partial charge in [0.05, 0.1) is 0 Å². The van der Waals surface area contributed by atoms with E-state index in [0.29, 0.717) is 5.84 Å². The molecule has 0 fully saturated rings. The smallest absolute Gasteiger partial charge is 0.144 e. The maximum atomic E-state index is 5.45. The van der Waals surface area contributed by atoms with E-state index < -0.39 is 0 Å². The molecule has 4 heteroatoms. The van der Waals surface area contributed by atoms with Crippen molar-refractivity contribution < 1.29 is 0 Å². The molecular weight excluding hydrogens is 188 g/mol. The van der Waals surface area contributed by atoms with Crippen molar-refractivity contribution in [1.29, 1.82) is 0 Å². The van der Waals surface area contributed by atoms with Crippen molar-refractivity contribution in [2.45, 2.75) is 33.7 Å². The van der Waals surface area contributed by atoms with E-state index in [2.05, 4.69) is 15.4 Å². The monoisotopic (exact) mass is 206 g/mol. The van der Waals surface area contributed by atoms with Gasteiger partial charge in [0.15, 0.2) is 0 Å². The summed E-state index contributed by atoms with van der Waals surface area (Å²) in [6.07, 6.45) is 0.